The van der Waals surface area contributed by atoms with Crippen LogP contribution in [0.3, 0.4) is 0 Å². The van der Waals surface area contributed by atoms with Gasteiger partial charge in [0.2, 0.25) is 6.29 Å². The number of hydrogen-bond acceptors (Lipinski definition) is 8. The third-order valence-electron chi connectivity index (χ3n) is 7.16. The highest BCUT2D eigenvalue weighted by Gasteiger charge is 2.17. The number of carbonyl (C=O) groups is 3. The van der Waals surface area contributed by atoms with Gasteiger partial charge in [0.05, 0.1) is 0 Å². The first-order chi connectivity index (χ1) is 23.7. The molecule has 8 nitrogen and oxygen atoms in total. The van der Waals surface area contributed by atoms with Crippen LogP contribution in [-0.4, -0.2) is 29.3 Å². The number of benzene rings is 4. The Morgan fingerprint density at radius 2 is 0.900 bits per heavy atom. The van der Waals surface area contributed by atoms with Gasteiger partial charge in [0.25, 0.3) is 0 Å². The Balaban J connectivity index is 1.52. The van der Waals surface area contributed by atoms with Crippen LogP contribution in [0.4, 0.5) is 0 Å². The molecule has 1 unspecified atom stereocenters. The van der Waals surface area contributed by atoms with Gasteiger partial charge >= 0.3 is 17.9 Å². The Morgan fingerprint density at radius 3 is 1.40 bits per heavy atom. The summed E-state index contributed by atoms with van der Waals surface area (Å²) in [5.74, 6) is -1.36. The number of hydrogen-bond donors (Lipinski definition) is 1. The maximum Gasteiger partial charge on any atom is 0.338 e. The van der Waals surface area contributed by atoms with Gasteiger partial charge in [-0.2, -0.15) is 0 Å². The zero-order chi connectivity index (χ0) is 36.5. The van der Waals surface area contributed by atoms with E-state index in [0.29, 0.717) is 11.1 Å². The quantitative estimate of drug-likeness (QED) is 0.0375. The maximum atomic E-state index is 12.3. The molecule has 0 aromatic heterocycles. The summed E-state index contributed by atoms with van der Waals surface area (Å²) >= 11 is 0. The summed E-state index contributed by atoms with van der Waals surface area (Å²) in [6.45, 7) is 20.7. The lowest BCUT2D eigenvalue weighted by Crippen LogP contribution is -2.17. The molecule has 0 aliphatic carbocycles. The fraction of sp³-hybridized carbons (Fsp3) is 0.119. The second kappa shape index (κ2) is 16.2. The molecular weight excluding hydrogens is 632 g/mol. The van der Waals surface area contributed by atoms with Gasteiger partial charge in [-0.25, -0.2) is 14.4 Å². The summed E-state index contributed by atoms with van der Waals surface area (Å²) in [7, 11) is 0. The summed E-state index contributed by atoms with van der Waals surface area (Å²) in [6, 6.07) is 25.9. The van der Waals surface area contributed by atoms with E-state index in [1.807, 2.05) is 66.7 Å². The third-order valence-corrected chi connectivity index (χ3v) is 7.16. The average Bonchev–Trinajstić information content (AvgIpc) is 3.09. The van der Waals surface area contributed by atoms with E-state index < -0.39 is 24.2 Å². The molecule has 0 radical (unpaired) electrons. The normalized spacial score (nSPS) is 11.3. The van der Waals surface area contributed by atoms with Crippen LogP contribution < -0.4 is 18.9 Å². The predicted molar refractivity (Wildman–Crippen MR) is 195 cm³/mol. The molecule has 0 fully saturated rings. The van der Waals surface area contributed by atoms with Crippen molar-refractivity contribution in [1.29, 1.82) is 0 Å². The third kappa shape index (κ3) is 9.65. The van der Waals surface area contributed by atoms with Crippen LogP contribution in [0, 0.1) is 0 Å². The highest BCUT2D eigenvalue weighted by Crippen LogP contribution is 2.35. The monoisotopic (exact) mass is 670 g/mol. The Morgan fingerprint density at radius 1 is 0.520 bits per heavy atom. The Labute approximate surface area is 291 Å². The van der Waals surface area contributed by atoms with Gasteiger partial charge in [-0.3, -0.25) is 0 Å². The zero-order valence-corrected chi connectivity index (χ0v) is 28.4. The molecule has 0 heterocycles. The molecule has 50 heavy (non-hydrogen) atoms. The van der Waals surface area contributed by atoms with Crippen molar-refractivity contribution >= 4 is 30.1 Å². The zero-order valence-electron chi connectivity index (χ0n) is 28.4. The second-order valence-corrected chi connectivity index (χ2v) is 11.7. The summed E-state index contributed by atoms with van der Waals surface area (Å²) in [6.07, 6.45) is 2.50. The number of rotatable bonds is 13. The highest BCUT2D eigenvalue weighted by molar-refractivity contribution is 5.91. The molecule has 4 aromatic carbocycles. The number of aliphatic hydroxyl groups excluding tert-OH is 1. The van der Waals surface area contributed by atoms with E-state index >= 15 is 0 Å². The predicted octanol–water partition coefficient (Wildman–Crippen LogP) is 8.91. The summed E-state index contributed by atoms with van der Waals surface area (Å²) < 4.78 is 21.8. The first-order valence-electron chi connectivity index (χ1n) is 15.5. The largest absolute Gasteiger partial charge is 0.457 e. The number of aliphatic hydroxyl groups is 1. The van der Waals surface area contributed by atoms with Gasteiger partial charge in [0, 0.05) is 16.7 Å². The molecule has 1 atom stereocenters. The first-order valence-corrected chi connectivity index (χ1v) is 15.5. The minimum absolute atomic E-state index is 0.0866. The van der Waals surface area contributed by atoms with Crippen molar-refractivity contribution in [1.82, 2.24) is 0 Å². The molecular formula is C42H38O8. The topological polar surface area (TPSA) is 108 Å². The van der Waals surface area contributed by atoms with Crippen molar-refractivity contribution in [3.05, 3.63) is 145 Å². The Hall–Kier alpha value is -6.25. The standard InChI is InChI=1S/C42H38O8/c1-25(2)39(43)47-35-21-13-30(23-37(35)49-41(45)27(5)6)10-9-29-11-14-31(15-12-29)32-16-18-33(19-17-32)34-20-22-36(48-40(44)26(3)4)38(24-34)50-42(46)28(7)8/h9-24,40,44H,1,3,5,7H2,2,4,6,8H3/b10-9+. The summed E-state index contributed by atoms with van der Waals surface area (Å²) in [5, 5.41) is 10.2. The van der Waals surface area contributed by atoms with Crippen molar-refractivity contribution in [2.45, 2.75) is 34.0 Å². The fourth-order valence-corrected chi connectivity index (χ4v) is 4.27. The molecule has 8 heteroatoms. The minimum atomic E-state index is -1.26. The fourth-order valence-electron chi connectivity index (χ4n) is 4.27. The van der Waals surface area contributed by atoms with Crippen molar-refractivity contribution < 1.29 is 38.4 Å². The van der Waals surface area contributed by atoms with Gasteiger partial charge in [-0.15, -0.1) is 0 Å². The highest BCUT2D eigenvalue weighted by atomic mass is 16.6. The van der Waals surface area contributed by atoms with Crippen LogP contribution in [0.15, 0.2) is 134 Å². The molecule has 4 aromatic rings. The van der Waals surface area contributed by atoms with Crippen LogP contribution >= 0.6 is 0 Å². The van der Waals surface area contributed by atoms with E-state index in [4.69, 9.17) is 18.9 Å². The smallest absolute Gasteiger partial charge is 0.338 e. The van der Waals surface area contributed by atoms with E-state index in [2.05, 4.69) is 26.3 Å². The lowest BCUT2D eigenvalue weighted by molar-refractivity contribution is -0.132. The van der Waals surface area contributed by atoms with Gasteiger partial charge in [-0.05, 0) is 90.9 Å². The lowest BCUT2D eigenvalue weighted by atomic mass is 9.99. The SMILES string of the molecule is C=C(C)C(=O)Oc1ccc(/C=C/c2ccc(-c3ccc(-c4ccc(OC(O)C(=C)C)c(OC(=O)C(=C)C)c4)cc3)cc2)cc1OC(=O)C(=C)C. The number of ether oxygens (including phenoxy) is 4. The molecule has 0 aliphatic heterocycles. The maximum absolute atomic E-state index is 12.3. The summed E-state index contributed by atoms with van der Waals surface area (Å²) in [5.41, 5.74) is 6.33. The van der Waals surface area contributed by atoms with Crippen LogP contribution in [-0.2, 0) is 14.4 Å². The van der Waals surface area contributed by atoms with Crippen LogP contribution in [0.1, 0.15) is 38.8 Å². The van der Waals surface area contributed by atoms with E-state index in [1.165, 1.54) is 13.8 Å². The van der Waals surface area contributed by atoms with Crippen molar-refractivity contribution in [3.63, 3.8) is 0 Å². The van der Waals surface area contributed by atoms with Crippen LogP contribution in [0.25, 0.3) is 34.4 Å². The molecule has 254 valence electrons. The molecule has 0 spiro atoms. The number of carbonyl (C=O) groups excluding carboxylic acids is 3. The van der Waals surface area contributed by atoms with Gasteiger partial charge < -0.3 is 24.1 Å². The van der Waals surface area contributed by atoms with Crippen molar-refractivity contribution in [2.24, 2.45) is 0 Å². The van der Waals surface area contributed by atoms with E-state index in [1.54, 1.807) is 44.2 Å². The van der Waals surface area contributed by atoms with Gasteiger partial charge in [0.15, 0.2) is 23.0 Å². The molecule has 1 N–H and O–H groups in total. The molecule has 0 saturated heterocycles. The van der Waals surface area contributed by atoms with E-state index in [-0.39, 0.29) is 39.7 Å². The lowest BCUT2D eigenvalue weighted by Gasteiger charge is -2.17. The van der Waals surface area contributed by atoms with E-state index in [9.17, 15) is 19.5 Å². The molecule has 0 aliphatic rings. The molecule has 0 saturated carbocycles. The van der Waals surface area contributed by atoms with Crippen molar-refractivity contribution in [3.8, 4) is 45.3 Å². The van der Waals surface area contributed by atoms with Crippen LogP contribution in [0.5, 0.6) is 23.0 Å². The molecule has 0 bridgehead atoms. The average molecular weight is 671 g/mol. The van der Waals surface area contributed by atoms with Gasteiger partial charge in [0.1, 0.15) is 0 Å². The minimum Gasteiger partial charge on any atom is -0.457 e. The molecule has 0 amide bonds. The second-order valence-electron chi connectivity index (χ2n) is 11.7. The summed E-state index contributed by atoms with van der Waals surface area (Å²) in [4.78, 5) is 36.6. The van der Waals surface area contributed by atoms with Crippen molar-refractivity contribution in [2.75, 3.05) is 0 Å². The first kappa shape index (κ1) is 36.6. The van der Waals surface area contributed by atoms with Gasteiger partial charge in [-0.1, -0.05) is 99.1 Å². The van der Waals surface area contributed by atoms with Crippen LogP contribution in [0.2, 0.25) is 0 Å². The Kier molecular flexibility index (Phi) is 11.9. The molecule has 4 rings (SSSR count). The Bertz CT molecular complexity index is 2010. The van der Waals surface area contributed by atoms with E-state index in [0.717, 1.165) is 27.8 Å². The number of esters is 3.